The third-order valence-corrected chi connectivity index (χ3v) is 4.95. The van der Waals surface area contributed by atoms with Crippen molar-refractivity contribution in [2.45, 2.75) is 32.7 Å². The monoisotopic (exact) mass is 397 g/mol. The van der Waals surface area contributed by atoms with Crippen molar-refractivity contribution < 1.29 is 14.3 Å². The van der Waals surface area contributed by atoms with Gasteiger partial charge >= 0.3 is 0 Å². The van der Waals surface area contributed by atoms with Crippen molar-refractivity contribution in [2.75, 3.05) is 33.8 Å². The highest BCUT2D eigenvalue weighted by atomic mass is 35.5. The molecule has 2 N–H and O–H groups in total. The molecule has 1 aliphatic rings. The van der Waals surface area contributed by atoms with Crippen LogP contribution < -0.4 is 15.4 Å². The van der Waals surface area contributed by atoms with Crippen LogP contribution in [0.3, 0.4) is 0 Å². The molecular formula is C20H32ClN3O3. The third-order valence-electron chi connectivity index (χ3n) is 4.95. The molecular weight excluding hydrogens is 366 g/mol. The van der Waals surface area contributed by atoms with Crippen LogP contribution in [0, 0.1) is 11.8 Å². The number of hydrogen-bond donors (Lipinski definition) is 2. The van der Waals surface area contributed by atoms with Crippen molar-refractivity contribution >= 4 is 24.2 Å². The Morgan fingerprint density at radius 3 is 2.67 bits per heavy atom. The van der Waals surface area contributed by atoms with E-state index in [1.807, 2.05) is 24.3 Å². The molecule has 0 saturated carbocycles. The molecule has 2 amide bonds. The summed E-state index contributed by atoms with van der Waals surface area (Å²) in [6.07, 6.45) is 2.87. The Bertz CT molecular complexity index is 604. The van der Waals surface area contributed by atoms with Crippen molar-refractivity contribution in [2.24, 2.45) is 11.8 Å². The van der Waals surface area contributed by atoms with E-state index in [-0.39, 0.29) is 30.8 Å². The number of nitrogens with one attached hydrogen (secondary N) is 2. The molecule has 2 rings (SSSR count). The van der Waals surface area contributed by atoms with Gasteiger partial charge in [0, 0.05) is 27.1 Å². The van der Waals surface area contributed by atoms with Gasteiger partial charge in [-0.05, 0) is 55.5 Å². The van der Waals surface area contributed by atoms with Crippen LogP contribution in [0.1, 0.15) is 31.7 Å². The third kappa shape index (κ3) is 8.18. The molecule has 1 atom stereocenters. The van der Waals surface area contributed by atoms with Gasteiger partial charge in [0.2, 0.25) is 5.91 Å². The van der Waals surface area contributed by atoms with E-state index in [1.165, 1.54) is 4.90 Å². The van der Waals surface area contributed by atoms with Crippen molar-refractivity contribution in [3.8, 4) is 5.75 Å². The van der Waals surface area contributed by atoms with E-state index in [0.29, 0.717) is 30.6 Å². The van der Waals surface area contributed by atoms with Crippen LogP contribution in [0.2, 0.25) is 0 Å². The first-order valence-corrected chi connectivity index (χ1v) is 9.35. The molecule has 0 bridgehead atoms. The molecule has 7 heteroatoms. The van der Waals surface area contributed by atoms with Crippen molar-refractivity contribution in [3.05, 3.63) is 29.8 Å². The zero-order valence-corrected chi connectivity index (χ0v) is 17.3. The summed E-state index contributed by atoms with van der Waals surface area (Å²) in [6, 6.07) is 7.48. The van der Waals surface area contributed by atoms with Gasteiger partial charge in [0.1, 0.15) is 5.75 Å². The molecule has 1 saturated heterocycles. The van der Waals surface area contributed by atoms with Crippen LogP contribution in [0.15, 0.2) is 24.3 Å². The Hall–Kier alpha value is -1.79. The minimum absolute atomic E-state index is 0. The SMILES string of the molecule is CC(CC(=O)NCc1cccc(OCC(=O)N(C)C)c1)C1CCNCC1.Cl. The highest BCUT2D eigenvalue weighted by molar-refractivity contribution is 5.85. The van der Waals surface area contributed by atoms with Crippen LogP contribution >= 0.6 is 12.4 Å². The average molecular weight is 398 g/mol. The highest BCUT2D eigenvalue weighted by Crippen LogP contribution is 2.24. The summed E-state index contributed by atoms with van der Waals surface area (Å²) in [6.45, 7) is 4.76. The van der Waals surface area contributed by atoms with Crippen LogP contribution in [0.25, 0.3) is 0 Å². The summed E-state index contributed by atoms with van der Waals surface area (Å²) < 4.78 is 5.51. The number of halogens is 1. The summed E-state index contributed by atoms with van der Waals surface area (Å²) in [5, 5.41) is 6.36. The summed E-state index contributed by atoms with van der Waals surface area (Å²) >= 11 is 0. The minimum atomic E-state index is -0.0874. The second-order valence-electron chi connectivity index (χ2n) is 7.27. The van der Waals surface area contributed by atoms with Crippen molar-refractivity contribution in [1.82, 2.24) is 15.5 Å². The molecule has 0 spiro atoms. The number of rotatable bonds is 8. The first-order chi connectivity index (χ1) is 12.5. The van der Waals surface area contributed by atoms with E-state index >= 15 is 0 Å². The number of benzene rings is 1. The summed E-state index contributed by atoms with van der Waals surface area (Å²) in [7, 11) is 3.39. The van der Waals surface area contributed by atoms with Crippen LogP contribution in [0.4, 0.5) is 0 Å². The zero-order chi connectivity index (χ0) is 18.9. The van der Waals surface area contributed by atoms with Gasteiger partial charge in [-0.3, -0.25) is 9.59 Å². The van der Waals surface area contributed by atoms with E-state index < -0.39 is 0 Å². The molecule has 0 aliphatic carbocycles. The maximum Gasteiger partial charge on any atom is 0.259 e. The van der Waals surface area contributed by atoms with Gasteiger partial charge in [0.05, 0.1) is 0 Å². The minimum Gasteiger partial charge on any atom is -0.484 e. The number of amides is 2. The number of likely N-dealkylation sites (N-methyl/N-ethyl adjacent to an activating group) is 1. The van der Waals surface area contributed by atoms with Gasteiger partial charge in [-0.1, -0.05) is 19.1 Å². The van der Waals surface area contributed by atoms with E-state index in [2.05, 4.69) is 17.6 Å². The van der Waals surface area contributed by atoms with Crippen molar-refractivity contribution in [3.63, 3.8) is 0 Å². The Morgan fingerprint density at radius 2 is 2.00 bits per heavy atom. The predicted molar refractivity (Wildman–Crippen MR) is 109 cm³/mol. The number of carbonyl (C=O) groups is 2. The first-order valence-electron chi connectivity index (χ1n) is 9.35. The van der Waals surface area contributed by atoms with Crippen molar-refractivity contribution in [1.29, 1.82) is 0 Å². The van der Waals surface area contributed by atoms with Crippen LogP contribution in [0.5, 0.6) is 5.75 Å². The first kappa shape index (κ1) is 23.2. The molecule has 1 aromatic carbocycles. The van der Waals surface area contributed by atoms with E-state index in [9.17, 15) is 9.59 Å². The maximum atomic E-state index is 12.2. The fourth-order valence-electron chi connectivity index (χ4n) is 3.16. The Kier molecular flexibility index (Phi) is 10.2. The molecule has 1 aromatic rings. The fraction of sp³-hybridized carbons (Fsp3) is 0.600. The summed E-state index contributed by atoms with van der Waals surface area (Å²) in [5.74, 6) is 1.67. The smallest absolute Gasteiger partial charge is 0.259 e. The fourth-order valence-corrected chi connectivity index (χ4v) is 3.16. The van der Waals surface area contributed by atoms with Gasteiger partial charge in [-0.25, -0.2) is 0 Å². The second-order valence-corrected chi connectivity index (χ2v) is 7.27. The van der Waals surface area contributed by atoms with Gasteiger partial charge in [-0.2, -0.15) is 0 Å². The largest absolute Gasteiger partial charge is 0.484 e. The lowest BCUT2D eigenvalue weighted by Crippen LogP contribution is -2.33. The summed E-state index contributed by atoms with van der Waals surface area (Å²) in [4.78, 5) is 25.3. The van der Waals surface area contributed by atoms with E-state index in [1.54, 1.807) is 14.1 Å². The van der Waals surface area contributed by atoms with Gasteiger partial charge in [-0.15, -0.1) is 12.4 Å². The second kappa shape index (κ2) is 11.8. The number of hydrogen-bond acceptors (Lipinski definition) is 4. The Labute approximate surface area is 168 Å². The molecule has 0 radical (unpaired) electrons. The zero-order valence-electron chi connectivity index (χ0n) is 16.5. The Balaban J connectivity index is 0.00000364. The molecule has 1 unspecified atom stereocenters. The lowest BCUT2D eigenvalue weighted by Gasteiger charge is -2.27. The number of nitrogens with zero attached hydrogens (tertiary/aromatic N) is 1. The molecule has 1 heterocycles. The molecule has 0 aromatic heterocycles. The van der Waals surface area contributed by atoms with Crippen LogP contribution in [-0.2, 0) is 16.1 Å². The lowest BCUT2D eigenvalue weighted by atomic mass is 9.84. The van der Waals surface area contributed by atoms with E-state index in [4.69, 9.17) is 4.74 Å². The quantitative estimate of drug-likeness (QED) is 0.705. The standard InChI is InChI=1S/C20H31N3O3.ClH/c1-15(17-7-9-21-10-8-17)11-19(24)22-13-16-5-4-6-18(12-16)26-14-20(25)23(2)3;/h4-6,12,15,17,21H,7-11,13-14H2,1-3H3,(H,22,24);1H. The number of carbonyl (C=O) groups excluding carboxylic acids is 2. The molecule has 6 nitrogen and oxygen atoms in total. The average Bonchev–Trinajstić information content (AvgIpc) is 2.65. The van der Waals surface area contributed by atoms with E-state index in [0.717, 1.165) is 31.5 Å². The number of piperidine rings is 1. The molecule has 152 valence electrons. The maximum absolute atomic E-state index is 12.2. The predicted octanol–water partition coefficient (Wildman–Crippen LogP) is 2.22. The topological polar surface area (TPSA) is 70.7 Å². The van der Waals surface area contributed by atoms with Gasteiger partial charge in [0.15, 0.2) is 6.61 Å². The molecule has 1 aliphatic heterocycles. The van der Waals surface area contributed by atoms with Gasteiger partial charge in [0.25, 0.3) is 5.91 Å². The molecule has 27 heavy (non-hydrogen) atoms. The molecule has 1 fully saturated rings. The summed E-state index contributed by atoms with van der Waals surface area (Å²) in [5.41, 5.74) is 0.961. The number of ether oxygens (including phenoxy) is 1. The highest BCUT2D eigenvalue weighted by Gasteiger charge is 2.21. The normalized spacial score (nSPS) is 15.4. The lowest BCUT2D eigenvalue weighted by molar-refractivity contribution is -0.130. The van der Waals surface area contributed by atoms with Gasteiger partial charge < -0.3 is 20.3 Å². The Morgan fingerprint density at radius 1 is 1.30 bits per heavy atom. The van der Waals surface area contributed by atoms with Crippen LogP contribution in [-0.4, -0.2) is 50.5 Å².